The van der Waals surface area contributed by atoms with Gasteiger partial charge in [-0.05, 0) is 49.8 Å². The molecular formula is C34H36ClF2N3O5. The molecule has 2 N–H and O–H groups in total. The second-order valence-electron chi connectivity index (χ2n) is 10.8. The van der Waals surface area contributed by atoms with Gasteiger partial charge in [-0.15, -0.1) is 0 Å². The molecule has 0 aliphatic rings. The number of aliphatic hydroxyl groups is 1. The van der Waals surface area contributed by atoms with Gasteiger partial charge in [0.05, 0.1) is 42.7 Å². The van der Waals surface area contributed by atoms with Crippen LogP contribution in [0.2, 0.25) is 5.02 Å². The van der Waals surface area contributed by atoms with Gasteiger partial charge in [0.15, 0.2) is 0 Å². The number of carbonyl (C=O) groups excluding carboxylic acids is 1. The summed E-state index contributed by atoms with van der Waals surface area (Å²) in [6.45, 7) is 2.72. The van der Waals surface area contributed by atoms with E-state index in [-0.39, 0.29) is 19.8 Å². The molecule has 11 heteroatoms. The van der Waals surface area contributed by atoms with E-state index in [4.69, 9.17) is 30.9 Å². The van der Waals surface area contributed by atoms with Crippen LogP contribution < -0.4 is 4.74 Å². The predicted molar refractivity (Wildman–Crippen MR) is 170 cm³/mol. The average Bonchev–Trinajstić information content (AvgIpc) is 3.54. The summed E-state index contributed by atoms with van der Waals surface area (Å²) in [5.74, 6) is -2.90. The Kier molecular flexibility index (Phi) is 10.1. The van der Waals surface area contributed by atoms with Gasteiger partial charge in [0.25, 0.3) is 5.92 Å². The molecule has 0 aliphatic heterocycles. The van der Waals surface area contributed by atoms with Gasteiger partial charge in [0, 0.05) is 41.1 Å². The number of aromatic amines is 1. The van der Waals surface area contributed by atoms with Crippen LogP contribution in [0, 0.1) is 6.92 Å². The van der Waals surface area contributed by atoms with Gasteiger partial charge in [-0.2, -0.15) is 5.10 Å². The van der Waals surface area contributed by atoms with Crippen molar-refractivity contribution in [2.24, 2.45) is 7.05 Å². The molecule has 2 heterocycles. The second kappa shape index (κ2) is 14.0. The van der Waals surface area contributed by atoms with Gasteiger partial charge in [0.2, 0.25) is 0 Å². The Morgan fingerprint density at radius 2 is 1.84 bits per heavy atom. The van der Waals surface area contributed by atoms with Crippen molar-refractivity contribution in [3.05, 3.63) is 82.3 Å². The van der Waals surface area contributed by atoms with Crippen molar-refractivity contribution >= 4 is 39.2 Å². The largest absolute Gasteiger partial charge is 0.493 e. The number of H-pyrrole nitrogens is 1. The van der Waals surface area contributed by atoms with E-state index in [1.807, 2.05) is 55.5 Å². The molecule has 3 aromatic carbocycles. The molecule has 5 rings (SSSR count). The number of halogens is 3. The van der Waals surface area contributed by atoms with Crippen molar-refractivity contribution in [3.63, 3.8) is 0 Å². The lowest BCUT2D eigenvalue weighted by atomic mass is 9.98. The first-order chi connectivity index (χ1) is 21.6. The van der Waals surface area contributed by atoms with E-state index >= 15 is 0 Å². The number of hydrogen-bond donors (Lipinski definition) is 2. The molecule has 238 valence electrons. The maximum Gasteiger partial charge on any atom is 0.355 e. The lowest BCUT2D eigenvalue weighted by molar-refractivity contribution is -0.0739. The van der Waals surface area contributed by atoms with Crippen molar-refractivity contribution in [1.82, 2.24) is 14.8 Å². The molecule has 45 heavy (non-hydrogen) atoms. The van der Waals surface area contributed by atoms with Gasteiger partial charge < -0.3 is 24.3 Å². The lowest BCUT2D eigenvalue weighted by Gasteiger charge is -2.13. The van der Waals surface area contributed by atoms with Crippen molar-refractivity contribution in [2.75, 3.05) is 26.4 Å². The Bertz CT molecular complexity index is 1810. The van der Waals surface area contributed by atoms with Crippen LogP contribution in [0.15, 0.2) is 54.6 Å². The summed E-state index contributed by atoms with van der Waals surface area (Å²) in [6.07, 6.45) is 0.541. The third-order valence-corrected chi connectivity index (χ3v) is 8.14. The maximum absolute atomic E-state index is 13.5. The van der Waals surface area contributed by atoms with E-state index in [9.17, 15) is 13.6 Å². The number of benzene rings is 3. The standard InChI is InChI=1S/C34H36ClF2N3O5/c1-4-44-33(42)32-24(12-8-17-45-28-13-7-10-22-9-5-6-11-23(22)28)25-14-15-26(35)30(31(25)38-32)29-21(2)40(3)39-27(29)19-43-18-16-34(36,37)20-41/h5-7,9-11,13-15,38,41H,4,8,12,16-20H2,1-3H3. The number of fused-ring (bicyclic) bond motifs is 2. The number of carbonyl (C=O) groups is 1. The summed E-state index contributed by atoms with van der Waals surface area (Å²) >= 11 is 6.81. The smallest absolute Gasteiger partial charge is 0.355 e. The zero-order valence-electron chi connectivity index (χ0n) is 25.5. The number of aliphatic hydroxyl groups excluding tert-OH is 1. The number of ether oxygens (including phenoxy) is 3. The Labute approximate surface area is 264 Å². The minimum Gasteiger partial charge on any atom is -0.493 e. The lowest BCUT2D eigenvalue weighted by Crippen LogP contribution is -2.23. The number of nitrogens with zero attached hydrogens (tertiary/aromatic N) is 2. The summed E-state index contributed by atoms with van der Waals surface area (Å²) in [5, 5.41) is 16.8. The van der Waals surface area contributed by atoms with E-state index in [0.29, 0.717) is 52.5 Å². The number of nitrogens with one attached hydrogen (secondary N) is 1. The SMILES string of the molecule is CCOC(=O)c1[nH]c2c(-c3c(COCCC(F)(F)CO)nn(C)c3C)c(Cl)ccc2c1CCCOc1cccc2ccccc12. The van der Waals surface area contributed by atoms with Crippen LogP contribution in [0.5, 0.6) is 5.75 Å². The zero-order valence-corrected chi connectivity index (χ0v) is 26.2. The highest BCUT2D eigenvalue weighted by molar-refractivity contribution is 6.35. The first-order valence-corrected chi connectivity index (χ1v) is 15.2. The van der Waals surface area contributed by atoms with E-state index in [0.717, 1.165) is 33.2 Å². The number of hydrogen-bond acceptors (Lipinski definition) is 6. The van der Waals surface area contributed by atoms with Crippen molar-refractivity contribution in [2.45, 2.75) is 45.6 Å². The highest BCUT2D eigenvalue weighted by Gasteiger charge is 2.28. The summed E-state index contributed by atoms with van der Waals surface area (Å²) in [7, 11) is 1.77. The molecule has 5 aromatic rings. The highest BCUT2D eigenvalue weighted by atomic mass is 35.5. The molecular weight excluding hydrogens is 604 g/mol. The topological polar surface area (TPSA) is 98.6 Å². The molecule has 0 amide bonds. The van der Waals surface area contributed by atoms with E-state index in [2.05, 4.69) is 10.1 Å². The van der Waals surface area contributed by atoms with Gasteiger partial charge >= 0.3 is 5.97 Å². The van der Waals surface area contributed by atoms with Crippen molar-refractivity contribution < 1.29 is 32.9 Å². The molecule has 0 unspecified atom stereocenters. The molecule has 8 nitrogen and oxygen atoms in total. The Hall–Kier alpha value is -3.99. The van der Waals surface area contributed by atoms with Gasteiger partial charge in [-0.25, -0.2) is 13.6 Å². The number of aromatic nitrogens is 3. The minimum atomic E-state index is -3.22. The summed E-state index contributed by atoms with van der Waals surface area (Å²) < 4.78 is 45.8. The van der Waals surface area contributed by atoms with Crippen LogP contribution >= 0.6 is 11.6 Å². The van der Waals surface area contributed by atoms with Crippen LogP contribution in [-0.2, 0) is 29.5 Å². The maximum atomic E-state index is 13.5. The van der Waals surface area contributed by atoms with Gasteiger partial charge in [-0.1, -0.05) is 54.1 Å². The molecule has 0 bridgehead atoms. The summed E-state index contributed by atoms with van der Waals surface area (Å²) in [6, 6.07) is 17.6. The van der Waals surface area contributed by atoms with E-state index in [1.165, 1.54) is 0 Å². The summed E-state index contributed by atoms with van der Waals surface area (Å²) in [5.41, 5.74) is 4.36. The molecule has 0 fully saturated rings. The van der Waals surface area contributed by atoms with Gasteiger partial charge in [0.1, 0.15) is 18.1 Å². The highest BCUT2D eigenvalue weighted by Crippen LogP contribution is 2.41. The van der Waals surface area contributed by atoms with Crippen LogP contribution in [0.3, 0.4) is 0 Å². The second-order valence-corrected chi connectivity index (χ2v) is 11.2. The minimum absolute atomic E-state index is 0.0466. The van der Waals surface area contributed by atoms with Crippen molar-refractivity contribution in [1.29, 1.82) is 0 Å². The van der Waals surface area contributed by atoms with Crippen LogP contribution in [-0.4, -0.2) is 58.2 Å². The molecule has 0 radical (unpaired) electrons. The molecule has 0 aliphatic carbocycles. The van der Waals surface area contributed by atoms with Gasteiger partial charge in [-0.3, -0.25) is 4.68 Å². The molecule has 2 aromatic heterocycles. The van der Waals surface area contributed by atoms with Crippen LogP contribution in [0.4, 0.5) is 8.78 Å². The predicted octanol–water partition coefficient (Wildman–Crippen LogP) is 7.41. The Morgan fingerprint density at radius 1 is 1.07 bits per heavy atom. The molecule has 0 saturated heterocycles. The van der Waals surface area contributed by atoms with Crippen LogP contribution in [0.25, 0.3) is 32.8 Å². The monoisotopic (exact) mass is 639 g/mol. The molecule has 0 atom stereocenters. The fourth-order valence-electron chi connectivity index (χ4n) is 5.50. The zero-order chi connectivity index (χ0) is 32.1. The molecule has 0 spiro atoms. The molecule has 0 saturated carbocycles. The third-order valence-electron chi connectivity index (χ3n) is 7.83. The van der Waals surface area contributed by atoms with Crippen molar-refractivity contribution in [3.8, 4) is 16.9 Å². The normalized spacial score (nSPS) is 11.9. The number of alkyl halides is 2. The quantitative estimate of drug-likeness (QED) is 0.0970. The van der Waals surface area contributed by atoms with Crippen LogP contribution in [0.1, 0.15) is 47.2 Å². The fraction of sp³-hybridized carbons (Fsp3) is 0.353. The number of aryl methyl sites for hydroxylation is 2. The number of rotatable bonds is 14. The summed E-state index contributed by atoms with van der Waals surface area (Å²) in [4.78, 5) is 16.4. The van der Waals surface area contributed by atoms with E-state index in [1.54, 1.807) is 24.7 Å². The first kappa shape index (κ1) is 32.4. The Balaban J connectivity index is 1.45. The average molecular weight is 640 g/mol. The Morgan fingerprint density at radius 3 is 2.62 bits per heavy atom. The number of esters is 1. The fourth-order valence-corrected chi connectivity index (χ4v) is 5.75. The van der Waals surface area contributed by atoms with E-state index < -0.39 is 24.9 Å². The first-order valence-electron chi connectivity index (χ1n) is 14.8. The third kappa shape index (κ3) is 6.98.